The second kappa shape index (κ2) is 4.23. The molecule has 4 heteroatoms. The molecule has 0 aliphatic heterocycles. The minimum absolute atomic E-state index is 0.0623. The van der Waals surface area contributed by atoms with Crippen molar-refractivity contribution in [2.75, 3.05) is 7.05 Å². The molecule has 1 atom stereocenters. The maximum Gasteiger partial charge on any atom is 0.416 e. The number of aryl methyl sites for hydroxylation is 1. The SMILES string of the molecule is CNC(C)c1ccc(C(F)(F)F)cc1C. The molecule has 0 heterocycles. The van der Waals surface area contributed by atoms with Gasteiger partial charge in [-0.05, 0) is 44.2 Å². The first kappa shape index (κ1) is 12.0. The standard InChI is InChI=1S/C11H14F3N/c1-7-6-9(11(12,13)14)4-5-10(7)8(2)15-3/h4-6,8,15H,1-3H3. The summed E-state index contributed by atoms with van der Waals surface area (Å²) in [4.78, 5) is 0. The lowest BCUT2D eigenvalue weighted by atomic mass is 10.00. The van der Waals surface area contributed by atoms with Gasteiger partial charge >= 0.3 is 6.18 Å². The van der Waals surface area contributed by atoms with Crippen molar-refractivity contribution in [3.05, 3.63) is 34.9 Å². The number of hydrogen-bond acceptors (Lipinski definition) is 1. The van der Waals surface area contributed by atoms with Crippen LogP contribution in [-0.2, 0) is 6.18 Å². The Morgan fingerprint density at radius 1 is 1.27 bits per heavy atom. The Hall–Kier alpha value is -1.03. The Balaban J connectivity index is 3.09. The normalized spacial score (nSPS) is 14.0. The molecular formula is C11H14F3N. The lowest BCUT2D eigenvalue weighted by Gasteiger charge is -2.15. The molecule has 1 rings (SSSR count). The van der Waals surface area contributed by atoms with Crippen LogP contribution in [0.3, 0.4) is 0 Å². The number of halogens is 3. The third-order valence-corrected chi connectivity index (χ3v) is 2.50. The van der Waals surface area contributed by atoms with Crippen LogP contribution in [-0.4, -0.2) is 7.05 Å². The van der Waals surface area contributed by atoms with Crippen molar-refractivity contribution in [3.63, 3.8) is 0 Å². The molecule has 1 N–H and O–H groups in total. The van der Waals surface area contributed by atoms with Crippen LogP contribution < -0.4 is 5.32 Å². The average Bonchev–Trinajstić information content (AvgIpc) is 2.15. The molecule has 0 radical (unpaired) electrons. The van der Waals surface area contributed by atoms with E-state index in [0.29, 0.717) is 5.56 Å². The molecule has 0 aliphatic rings. The van der Waals surface area contributed by atoms with Crippen LogP contribution in [0.2, 0.25) is 0 Å². The van der Waals surface area contributed by atoms with Crippen LogP contribution >= 0.6 is 0 Å². The largest absolute Gasteiger partial charge is 0.416 e. The van der Waals surface area contributed by atoms with Gasteiger partial charge in [0.2, 0.25) is 0 Å². The summed E-state index contributed by atoms with van der Waals surface area (Å²) in [7, 11) is 1.78. The van der Waals surface area contributed by atoms with Gasteiger partial charge in [-0.15, -0.1) is 0 Å². The smallest absolute Gasteiger partial charge is 0.313 e. The van der Waals surface area contributed by atoms with Gasteiger partial charge in [-0.25, -0.2) is 0 Å². The van der Waals surface area contributed by atoms with Gasteiger partial charge in [0.05, 0.1) is 5.56 Å². The fraction of sp³-hybridized carbons (Fsp3) is 0.455. The quantitative estimate of drug-likeness (QED) is 0.801. The van der Waals surface area contributed by atoms with E-state index in [0.717, 1.165) is 11.6 Å². The van der Waals surface area contributed by atoms with Crippen LogP contribution in [0.25, 0.3) is 0 Å². The van der Waals surface area contributed by atoms with E-state index in [1.54, 1.807) is 14.0 Å². The van der Waals surface area contributed by atoms with E-state index in [1.807, 2.05) is 6.92 Å². The van der Waals surface area contributed by atoms with Crippen molar-refractivity contribution in [3.8, 4) is 0 Å². The summed E-state index contributed by atoms with van der Waals surface area (Å²) in [6.45, 7) is 3.61. The van der Waals surface area contributed by atoms with Gasteiger partial charge < -0.3 is 5.32 Å². The molecule has 0 bridgehead atoms. The maximum absolute atomic E-state index is 12.4. The van der Waals surface area contributed by atoms with Gasteiger partial charge in [-0.2, -0.15) is 13.2 Å². The number of rotatable bonds is 2. The zero-order valence-electron chi connectivity index (χ0n) is 8.94. The fourth-order valence-electron chi connectivity index (χ4n) is 1.49. The number of benzene rings is 1. The Morgan fingerprint density at radius 3 is 2.27 bits per heavy atom. The highest BCUT2D eigenvalue weighted by Crippen LogP contribution is 2.31. The third kappa shape index (κ3) is 2.72. The van der Waals surface area contributed by atoms with Crippen LogP contribution in [0.4, 0.5) is 13.2 Å². The van der Waals surface area contributed by atoms with E-state index in [2.05, 4.69) is 5.32 Å². The average molecular weight is 217 g/mol. The molecule has 1 aromatic rings. The molecule has 15 heavy (non-hydrogen) atoms. The van der Waals surface area contributed by atoms with Crippen molar-refractivity contribution in [1.29, 1.82) is 0 Å². The van der Waals surface area contributed by atoms with Crippen molar-refractivity contribution in [1.82, 2.24) is 5.32 Å². The second-order valence-electron chi connectivity index (χ2n) is 3.58. The Kier molecular flexibility index (Phi) is 3.39. The topological polar surface area (TPSA) is 12.0 Å². The summed E-state index contributed by atoms with van der Waals surface area (Å²) in [5, 5.41) is 3.00. The van der Waals surface area contributed by atoms with E-state index >= 15 is 0 Å². The second-order valence-corrected chi connectivity index (χ2v) is 3.58. The molecule has 84 valence electrons. The van der Waals surface area contributed by atoms with Crippen LogP contribution in [0.15, 0.2) is 18.2 Å². The summed E-state index contributed by atoms with van der Waals surface area (Å²) >= 11 is 0. The lowest BCUT2D eigenvalue weighted by Crippen LogP contribution is -2.14. The molecule has 1 unspecified atom stereocenters. The lowest BCUT2D eigenvalue weighted by molar-refractivity contribution is -0.137. The van der Waals surface area contributed by atoms with Gasteiger partial charge in [-0.1, -0.05) is 6.07 Å². The molecule has 0 aliphatic carbocycles. The molecule has 0 spiro atoms. The molecule has 1 aromatic carbocycles. The van der Waals surface area contributed by atoms with Crippen LogP contribution in [0.5, 0.6) is 0 Å². The first-order valence-electron chi connectivity index (χ1n) is 4.71. The zero-order chi connectivity index (χ0) is 11.6. The minimum Gasteiger partial charge on any atom is -0.313 e. The summed E-state index contributed by atoms with van der Waals surface area (Å²) in [6.07, 6.45) is -4.26. The van der Waals surface area contributed by atoms with Crippen LogP contribution in [0, 0.1) is 6.92 Å². The number of nitrogens with one attached hydrogen (secondary N) is 1. The molecule has 0 saturated heterocycles. The monoisotopic (exact) mass is 217 g/mol. The van der Waals surface area contributed by atoms with Gasteiger partial charge in [0, 0.05) is 6.04 Å². The Bertz CT molecular complexity index is 344. The molecule has 0 amide bonds. The number of hydrogen-bond donors (Lipinski definition) is 1. The highest BCUT2D eigenvalue weighted by atomic mass is 19.4. The van der Waals surface area contributed by atoms with Gasteiger partial charge in [0.1, 0.15) is 0 Å². The van der Waals surface area contributed by atoms with Crippen LogP contribution in [0.1, 0.15) is 29.7 Å². The highest BCUT2D eigenvalue weighted by Gasteiger charge is 2.30. The summed E-state index contributed by atoms with van der Waals surface area (Å²) in [5.74, 6) is 0. The van der Waals surface area contributed by atoms with Gasteiger partial charge in [0.15, 0.2) is 0 Å². The van der Waals surface area contributed by atoms with Crippen molar-refractivity contribution >= 4 is 0 Å². The van der Waals surface area contributed by atoms with Crippen molar-refractivity contribution in [2.24, 2.45) is 0 Å². The fourth-order valence-corrected chi connectivity index (χ4v) is 1.49. The van der Waals surface area contributed by atoms with E-state index in [4.69, 9.17) is 0 Å². The first-order chi connectivity index (χ1) is 6.86. The van der Waals surface area contributed by atoms with E-state index < -0.39 is 11.7 Å². The Morgan fingerprint density at radius 2 is 1.87 bits per heavy atom. The summed E-state index contributed by atoms with van der Waals surface area (Å²) in [5.41, 5.74) is 0.962. The molecular weight excluding hydrogens is 203 g/mol. The van der Waals surface area contributed by atoms with Crippen molar-refractivity contribution in [2.45, 2.75) is 26.1 Å². The van der Waals surface area contributed by atoms with E-state index in [9.17, 15) is 13.2 Å². The zero-order valence-corrected chi connectivity index (χ0v) is 8.94. The Labute approximate surface area is 87.3 Å². The molecule has 0 fully saturated rings. The first-order valence-corrected chi connectivity index (χ1v) is 4.71. The highest BCUT2D eigenvalue weighted by molar-refractivity contribution is 5.34. The summed E-state index contributed by atoms with van der Waals surface area (Å²) in [6, 6.07) is 3.89. The molecule has 1 nitrogen and oxygen atoms in total. The van der Waals surface area contributed by atoms with E-state index in [1.165, 1.54) is 12.1 Å². The van der Waals surface area contributed by atoms with Crippen molar-refractivity contribution < 1.29 is 13.2 Å². The molecule has 0 saturated carbocycles. The predicted octanol–water partition coefficient (Wildman–Crippen LogP) is 3.29. The maximum atomic E-state index is 12.4. The number of alkyl halides is 3. The van der Waals surface area contributed by atoms with Gasteiger partial charge in [0.25, 0.3) is 0 Å². The molecule has 0 aromatic heterocycles. The summed E-state index contributed by atoms with van der Waals surface area (Å²) < 4.78 is 37.1. The minimum atomic E-state index is -4.26. The third-order valence-electron chi connectivity index (χ3n) is 2.50. The van der Waals surface area contributed by atoms with E-state index in [-0.39, 0.29) is 6.04 Å². The predicted molar refractivity (Wildman–Crippen MR) is 53.7 cm³/mol. The van der Waals surface area contributed by atoms with Gasteiger partial charge in [-0.3, -0.25) is 0 Å².